The van der Waals surface area contributed by atoms with Gasteiger partial charge >= 0.3 is 0 Å². The molecule has 0 aliphatic carbocycles. The molecule has 0 spiro atoms. The van der Waals surface area contributed by atoms with Gasteiger partial charge in [-0.15, -0.1) is 0 Å². The molecule has 1 rings (SSSR count). The predicted molar refractivity (Wildman–Crippen MR) is 50.7 cm³/mol. The van der Waals surface area contributed by atoms with E-state index in [-0.39, 0.29) is 16.8 Å². The molecule has 0 saturated carbocycles. The second-order valence-electron chi connectivity index (χ2n) is 2.73. The Labute approximate surface area is 80.5 Å². The Balaban J connectivity index is 3.26. The van der Waals surface area contributed by atoms with Gasteiger partial charge in [0.25, 0.3) is 5.69 Å². The number of hydrogen-bond acceptors (Lipinski definition) is 3. The van der Waals surface area contributed by atoms with Crippen LogP contribution in [0.1, 0.15) is 18.5 Å². The number of nitro benzene ring substituents is 1. The summed E-state index contributed by atoms with van der Waals surface area (Å²) in [6.07, 6.45) is 0. The predicted octanol–water partition coefficient (Wildman–Crippen LogP) is 2.27. The zero-order valence-corrected chi connectivity index (χ0v) is 7.78. The van der Waals surface area contributed by atoms with Crippen molar-refractivity contribution in [3.63, 3.8) is 0 Å². The zero-order valence-electron chi connectivity index (χ0n) is 7.03. The molecular formula is C8H9ClN2O2. The Kier molecular flexibility index (Phi) is 2.85. The van der Waals surface area contributed by atoms with E-state index < -0.39 is 4.92 Å². The van der Waals surface area contributed by atoms with E-state index in [0.717, 1.165) is 0 Å². The van der Waals surface area contributed by atoms with E-state index in [4.69, 9.17) is 17.3 Å². The van der Waals surface area contributed by atoms with Crippen molar-refractivity contribution in [1.29, 1.82) is 0 Å². The van der Waals surface area contributed by atoms with E-state index in [9.17, 15) is 10.1 Å². The lowest BCUT2D eigenvalue weighted by Gasteiger charge is -2.07. The van der Waals surface area contributed by atoms with Crippen molar-refractivity contribution >= 4 is 17.3 Å². The third-order valence-electron chi connectivity index (χ3n) is 1.70. The first-order valence-electron chi connectivity index (χ1n) is 3.72. The van der Waals surface area contributed by atoms with Crippen molar-refractivity contribution in [3.8, 4) is 0 Å². The number of benzene rings is 1. The summed E-state index contributed by atoms with van der Waals surface area (Å²) in [5.74, 6) is 0. The van der Waals surface area contributed by atoms with Crippen molar-refractivity contribution in [2.24, 2.45) is 5.73 Å². The lowest BCUT2D eigenvalue weighted by Crippen LogP contribution is -2.06. The van der Waals surface area contributed by atoms with E-state index >= 15 is 0 Å². The van der Waals surface area contributed by atoms with Gasteiger partial charge in [-0.25, -0.2) is 0 Å². The summed E-state index contributed by atoms with van der Waals surface area (Å²) in [5.41, 5.74) is 6.07. The summed E-state index contributed by atoms with van der Waals surface area (Å²) in [4.78, 5) is 9.96. The lowest BCUT2D eigenvalue weighted by molar-refractivity contribution is -0.384. The van der Waals surface area contributed by atoms with E-state index in [1.54, 1.807) is 19.1 Å². The maximum atomic E-state index is 10.5. The molecule has 5 heteroatoms. The summed E-state index contributed by atoms with van der Waals surface area (Å²) in [7, 11) is 0. The average molecular weight is 201 g/mol. The summed E-state index contributed by atoms with van der Waals surface area (Å²) in [5, 5.41) is 10.6. The van der Waals surface area contributed by atoms with Gasteiger partial charge in [0, 0.05) is 12.1 Å². The van der Waals surface area contributed by atoms with Crippen molar-refractivity contribution < 1.29 is 4.92 Å². The Morgan fingerprint density at radius 2 is 2.23 bits per heavy atom. The first-order chi connectivity index (χ1) is 6.04. The van der Waals surface area contributed by atoms with Crippen molar-refractivity contribution in [2.75, 3.05) is 0 Å². The highest BCUT2D eigenvalue weighted by Crippen LogP contribution is 2.30. The molecule has 0 aliphatic rings. The average Bonchev–Trinajstić information content (AvgIpc) is 2.03. The van der Waals surface area contributed by atoms with Crippen LogP contribution in [-0.2, 0) is 0 Å². The molecule has 0 aromatic heterocycles. The molecule has 0 bridgehead atoms. The lowest BCUT2D eigenvalue weighted by atomic mass is 10.1. The molecule has 0 fully saturated rings. The third-order valence-corrected chi connectivity index (χ3v) is 2.11. The Morgan fingerprint density at radius 3 is 2.69 bits per heavy atom. The van der Waals surface area contributed by atoms with E-state index in [0.29, 0.717) is 5.56 Å². The van der Waals surface area contributed by atoms with Crippen LogP contribution in [0.2, 0.25) is 5.02 Å². The number of nitrogens with two attached hydrogens (primary N) is 1. The maximum Gasteiger partial charge on any atom is 0.288 e. The number of rotatable bonds is 2. The van der Waals surface area contributed by atoms with Gasteiger partial charge in [-0.2, -0.15) is 0 Å². The minimum absolute atomic E-state index is 0.100. The number of halogens is 1. The van der Waals surface area contributed by atoms with Crippen LogP contribution in [0.15, 0.2) is 18.2 Å². The molecule has 13 heavy (non-hydrogen) atoms. The van der Waals surface area contributed by atoms with E-state index in [1.807, 2.05) is 0 Å². The highest BCUT2D eigenvalue weighted by molar-refractivity contribution is 6.33. The van der Waals surface area contributed by atoms with Crippen molar-refractivity contribution in [3.05, 3.63) is 38.9 Å². The molecule has 2 N–H and O–H groups in total. The maximum absolute atomic E-state index is 10.5. The van der Waals surface area contributed by atoms with Crippen LogP contribution in [-0.4, -0.2) is 4.92 Å². The molecule has 0 radical (unpaired) electrons. The van der Waals surface area contributed by atoms with Gasteiger partial charge in [0.15, 0.2) is 0 Å². The summed E-state index contributed by atoms with van der Waals surface area (Å²) < 4.78 is 0. The van der Waals surface area contributed by atoms with Crippen molar-refractivity contribution in [2.45, 2.75) is 13.0 Å². The monoisotopic (exact) mass is 200 g/mol. The third kappa shape index (κ3) is 1.96. The molecule has 1 aromatic rings. The number of hydrogen-bond donors (Lipinski definition) is 1. The summed E-state index contributed by atoms with van der Waals surface area (Å²) >= 11 is 5.78. The Morgan fingerprint density at radius 1 is 1.62 bits per heavy atom. The second kappa shape index (κ2) is 3.72. The van der Waals surface area contributed by atoms with Gasteiger partial charge in [-0.3, -0.25) is 10.1 Å². The van der Waals surface area contributed by atoms with Crippen LogP contribution in [0.25, 0.3) is 0 Å². The first kappa shape index (κ1) is 9.95. The van der Waals surface area contributed by atoms with Crippen LogP contribution in [0.4, 0.5) is 5.69 Å². The molecule has 0 amide bonds. The fourth-order valence-corrected chi connectivity index (χ4v) is 1.40. The molecule has 0 saturated heterocycles. The fourth-order valence-electron chi connectivity index (χ4n) is 1.03. The smallest absolute Gasteiger partial charge is 0.288 e. The van der Waals surface area contributed by atoms with Gasteiger partial charge < -0.3 is 5.73 Å². The van der Waals surface area contributed by atoms with Gasteiger partial charge in [0.2, 0.25) is 0 Å². The minimum atomic E-state index is -0.520. The Hall–Kier alpha value is -1.13. The van der Waals surface area contributed by atoms with E-state index in [1.165, 1.54) is 6.07 Å². The van der Waals surface area contributed by atoms with Crippen LogP contribution in [0, 0.1) is 10.1 Å². The van der Waals surface area contributed by atoms with Crippen molar-refractivity contribution in [1.82, 2.24) is 0 Å². The van der Waals surface area contributed by atoms with Gasteiger partial charge in [-0.05, 0) is 12.5 Å². The summed E-state index contributed by atoms with van der Waals surface area (Å²) in [6, 6.07) is 4.31. The molecule has 1 atom stereocenters. The molecule has 0 heterocycles. The highest BCUT2D eigenvalue weighted by atomic mass is 35.5. The van der Waals surface area contributed by atoms with Gasteiger partial charge in [0.05, 0.1) is 4.92 Å². The second-order valence-corrected chi connectivity index (χ2v) is 3.10. The fraction of sp³-hybridized carbons (Fsp3) is 0.250. The normalized spacial score (nSPS) is 12.5. The SMILES string of the molecule is CC(N)c1cccc([N+](=O)[O-])c1Cl. The molecule has 70 valence electrons. The molecule has 4 nitrogen and oxygen atoms in total. The van der Waals surface area contributed by atoms with E-state index in [2.05, 4.69) is 0 Å². The van der Waals surface area contributed by atoms with Crippen LogP contribution >= 0.6 is 11.6 Å². The molecule has 1 aromatic carbocycles. The highest BCUT2D eigenvalue weighted by Gasteiger charge is 2.16. The van der Waals surface area contributed by atoms with Gasteiger partial charge in [-0.1, -0.05) is 23.7 Å². The first-order valence-corrected chi connectivity index (χ1v) is 4.10. The zero-order chi connectivity index (χ0) is 10.0. The molecule has 1 unspecified atom stereocenters. The number of nitro groups is 1. The van der Waals surface area contributed by atoms with Gasteiger partial charge in [0.1, 0.15) is 5.02 Å². The Bertz CT molecular complexity index is 339. The van der Waals surface area contributed by atoms with Crippen LogP contribution in [0.3, 0.4) is 0 Å². The molecule has 0 aliphatic heterocycles. The van der Waals surface area contributed by atoms with Crippen LogP contribution < -0.4 is 5.73 Å². The molecular weight excluding hydrogens is 192 g/mol. The largest absolute Gasteiger partial charge is 0.324 e. The minimum Gasteiger partial charge on any atom is -0.324 e. The summed E-state index contributed by atoms with van der Waals surface area (Å²) in [6.45, 7) is 1.73. The van der Waals surface area contributed by atoms with Crippen LogP contribution in [0.5, 0.6) is 0 Å². The topological polar surface area (TPSA) is 69.2 Å². The standard InChI is InChI=1S/C8H9ClN2O2/c1-5(10)6-3-2-4-7(8(6)9)11(12)13/h2-5H,10H2,1H3. The quantitative estimate of drug-likeness (QED) is 0.588. The number of nitrogens with zero attached hydrogens (tertiary/aromatic N) is 1.